The smallest absolute Gasteiger partial charge is 0.340 e. The number of aryl methyl sites for hydroxylation is 1. The van der Waals surface area contributed by atoms with Gasteiger partial charge in [0.15, 0.2) is 0 Å². The van der Waals surface area contributed by atoms with Crippen molar-refractivity contribution in [2.24, 2.45) is 4.99 Å². The molecule has 0 spiro atoms. The number of aliphatic imine (C=N–C) groups is 1. The summed E-state index contributed by atoms with van der Waals surface area (Å²) in [6.07, 6.45) is 5.46. The van der Waals surface area contributed by atoms with Crippen LogP contribution in [0.3, 0.4) is 0 Å². The zero-order valence-electron chi connectivity index (χ0n) is 15.6. The molecule has 2 N–H and O–H groups in total. The first-order chi connectivity index (χ1) is 12.4. The van der Waals surface area contributed by atoms with Gasteiger partial charge in [-0.2, -0.15) is 0 Å². The van der Waals surface area contributed by atoms with Gasteiger partial charge in [-0.3, -0.25) is 0 Å². The standard InChI is InChI=1S/C20H23N3O3/c1-11(2)26-20(24)19-12(3)15(22-13(19)4)9-17-18(25-5)10-16(23-17)14-7-6-8-21-14/h6-11,21-22H,1-5H3/b17-9-. The van der Waals surface area contributed by atoms with Gasteiger partial charge in [0.25, 0.3) is 0 Å². The molecule has 6 heteroatoms. The molecule has 2 aromatic rings. The van der Waals surface area contributed by atoms with Crippen molar-refractivity contribution in [3.8, 4) is 0 Å². The van der Waals surface area contributed by atoms with E-state index in [1.165, 1.54) is 0 Å². The Morgan fingerprint density at radius 3 is 2.69 bits per heavy atom. The summed E-state index contributed by atoms with van der Waals surface area (Å²) in [5, 5.41) is 0. The van der Waals surface area contributed by atoms with Crippen molar-refractivity contribution in [1.82, 2.24) is 9.97 Å². The largest absolute Gasteiger partial charge is 0.494 e. The summed E-state index contributed by atoms with van der Waals surface area (Å²) < 4.78 is 10.8. The minimum atomic E-state index is -0.319. The molecule has 0 saturated carbocycles. The van der Waals surface area contributed by atoms with Crippen LogP contribution in [-0.2, 0) is 9.47 Å². The molecule has 0 atom stereocenters. The second-order valence-electron chi connectivity index (χ2n) is 6.44. The molecule has 3 heterocycles. The third-order valence-electron chi connectivity index (χ3n) is 4.16. The molecule has 0 aliphatic carbocycles. The molecule has 0 radical (unpaired) electrons. The first-order valence-corrected chi connectivity index (χ1v) is 8.51. The first kappa shape index (κ1) is 17.8. The summed E-state index contributed by atoms with van der Waals surface area (Å²) in [6, 6.07) is 3.88. The van der Waals surface area contributed by atoms with E-state index in [1.807, 2.05) is 58.2 Å². The van der Waals surface area contributed by atoms with Crippen LogP contribution in [0.2, 0.25) is 0 Å². The van der Waals surface area contributed by atoms with Gasteiger partial charge in [0, 0.05) is 23.7 Å². The van der Waals surface area contributed by atoms with Crippen LogP contribution in [0.1, 0.15) is 46.9 Å². The Hall–Kier alpha value is -3.02. The van der Waals surface area contributed by atoms with E-state index in [1.54, 1.807) is 7.11 Å². The second-order valence-corrected chi connectivity index (χ2v) is 6.44. The van der Waals surface area contributed by atoms with E-state index in [9.17, 15) is 4.79 Å². The summed E-state index contributed by atoms with van der Waals surface area (Å²) >= 11 is 0. The molecule has 0 amide bonds. The van der Waals surface area contributed by atoms with E-state index in [0.29, 0.717) is 17.0 Å². The van der Waals surface area contributed by atoms with Gasteiger partial charge in [0.05, 0.1) is 30.2 Å². The zero-order chi connectivity index (χ0) is 18.8. The number of esters is 1. The third-order valence-corrected chi connectivity index (χ3v) is 4.16. The van der Waals surface area contributed by atoms with E-state index in [0.717, 1.165) is 28.4 Å². The lowest BCUT2D eigenvalue weighted by molar-refractivity contribution is 0.0376. The van der Waals surface area contributed by atoms with Gasteiger partial charge in [0.1, 0.15) is 11.5 Å². The Balaban J connectivity index is 1.97. The lowest BCUT2D eigenvalue weighted by Gasteiger charge is -2.08. The topological polar surface area (TPSA) is 79.5 Å². The van der Waals surface area contributed by atoms with Crippen molar-refractivity contribution in [3.63, 3.8) is 0 Å². The first-order valence-electron chi connectivity index (χ1n) is 8.51. The van der Waals surface area contributed by atoms with Gasteiger partial charge in [-0.15, -0.1) is 0 Å². The molecular formula is C20H23N3O3. The minimum Gasteiger partial charge on any atom is -0.494 e. The number of H-pyrrole nitrogens is 2. The van der Waals surface area contributed by atoms with Crippen LogP contribution in [0, 0.1) is 13.8 Å². The van der Waals surface area contributed by atoms with Crippen molar-refractivity contribution in [3.05, 3.63) is 64.1 Å². The number of carbonyl (C=O) groups excluding carboxylic acids is 1. The van der Waals surface area contributed by atoms with Crippen LogP contribution in [0.25, 0.3) is 6.08 Å². The Kier molecular flexibility index (Phi) is 4.84. The van der Waals surface area contributed by atoms with Gasteiger partial charge in [-0.1, -0.05) is 0 Å². The number of aromatic nitrogens is 2. The fraction of sp³-hybridized carbons (Fsp3) is 0.300. The molecule has 0 bridgehead atoms. The maximum Gasteiger partial charge on any atom is 0.340 e. The lowest BCUT2D eigenvalue weighted by atomic mass is 10.1. The highest BCUT2D eigenvalue weighted by Gasteiger charge is 2.22. The van der Waals surface area contributed by atoms with Gasteiger partial charge in [-0.05, 0) is 51.5 Å². The van der Waals surface area contributed by atoms with Crippen LogP contribution >= 0.6 is 0 Å². The number of nitrogens with zero attached hydrogens (tertiary/aromatic N) is 1. The molecule has 6 nitrogen and oxygen atoms in total. The number of aromatic amines is 2. The maximum absolute atomic E-state index is 12.3. The summed E-state index contributed by atoms with van der Waals surface area (Å²) in [7, 11) is 1.62. The van der Waals surface area contributed by atoms with E-state index in [2.05, 4.69) is 15.0 Å². The molecule has 136 valence electrons. The monoisotopic (exact) mass is 353 g/mol. The lowest BCUT2D eigenvalue weighted by Crippen LogP contribution is -2.12. The molecule has 0 aromatic carbocycles. The number of hydrogen-bond donors (Lipinski definition) is 2. The molecule has 3 rings (SSSR count). The van der Waals surface area contributed by atoms with Crippen LogP contribution in [-0.4, -0.2) is 34.9 Å². The normalized spacial score (nSPS) is 15.4. The van der Waals surface area contributed by atoms with Crippen LogP contribution in [0.15, 0.2) is 40.9 Å². The summed E-state index contributed by atoms with van der Waals surface area (Å²) in [5.74, 6) is 0.355. The van der Waals surface area contributed by atoms with Crippen LogP contribution in [0.5, 0.6) is 0 Å². The van der Waals surface area contributed by atoms with E-state index in [4.69, 9.17) is 9.47 Å². The highest BCUT2D eigenvalue weighted by atomic mass is 16.5. The Labute approximate surface area is 152 Å². The maximum atomic E-state index is 12.3. The van der Waals surface area contributed by atoms with Gasteiger partial charge in [-0.25, -0.2) is 9.79 Å². The number of carbonyl (C=O) groups is 1. The fourth-order valence-corrected chi connectivity index (χ4v) is 2.94. The summed E-state index contributed by atoms with van der Waals surface area (Å²) in [5.41, 5.74) is 5.41. The molecule has 2 aromatic heterocycles. The number of allylic oxidation sites excluding steroid dienone is 1. The van der Waals surface area contributed by atoms with Crippen molar-refractivity contribution in [1.29, 1.82) is 0 Å². The third kappa shape index (κ3) is 3.35. The zero-order valence-corrected chi connectivity index (χ0v) is 15.6. The number of ether oxygens (including phenoxy) is 2. The highest BCUT2D eigenvalue weighted by Crippen LogP contribution is 2.27. The number of nitrogens with one attached hydrogen (secondary N) is 2. The molecule has 0 saturated heterocycles. The molecule has 1 aliphatic heterocycles. The quantitative estimate of drug-likeness (QED) is 0.800. The van der Waals surface area contributed by atoms with Gasteiger partial charge < -0.3 is 19.4 Å². The van der Waals surface area contributed by atoms with Crippen molar-refractivity contribution in [2.75, 3.05) is 7.11 Å². The molecule has 0 fully saturated rings. The average molecular weight is 353 g/mol. The Morgan fingerprint density at radius 1 is 1.31 bits per heavy atom. The fourth-order valence-electron chi connectivity index (χ4n) is 2.94. The van der Waals surface area contributed by atoms with E-state index >= 15 is 0 Å². The Morgan fingerprint density at radius 2 is 2.08 bits per heavy atom. The predicted octanol–water partition coefficient (Wildman–Crippen LogP) is 3.90. The summed E-state index contributed by atoms with van der Waals surface area (Å²) in [4.78, 5) is 23.4. The second kappa shape index (κ2) is 7.07. The molecule has 0 unspecified atom stereocenters. The van der Waals surface area contributed by atoms with Gasteiger partial charge >= 0.3 is 5.97 Å². The summed E-state index contributed by atoms with van der Waals surface area (Å²) in [6.45, 7) is 7.43. The minimum absolute atomic E-state index is 0.163. The SMILES string of the molecule is COC1=CC(c2ccc[nH]2)=N/C1=C\c1[nH]c(C)c(C(=O)OC(C)C)c1C. The predicted molar refractivity (Wildman–Crippen MR) is 101 cm³/mol. The molecular weight excluding hydrogens is 330 g/mol. The van der Waals surface area contributed by atoms with Crippen molar-refractivity contribution in [2.45, 2.75) is 33.8 Å². The van der Waals surface area contributed by atoms with E-state index in [-0.39, 0.29) is 12.1 Å². The van der Waals surface area contributed by atoms with Crippen LogP contribution in [0.4, 0.5) is 0 Å². The van der Waals surface area contributed by atoms with E-state index < -0.39 is 0 Å². The number of hydrogen-bond acceptors (Lipinski definition) is 4. The molecule has 1 aliphatic rings. The Bertz CT molecular complexity index is 913. The highest BCUT2D eigenvalue weighted by molar-refractivity contribution is 6.11. The van der Waals surface area contributed by atoms with Gasteiger partial charge in [0.2, 0.25) is 0 Å². The number of rotatable bonds is 5. The molecule has 26 heavy (non-hydrogen) atoms. The number of methoxy groups -OCH3 is 1. The average Bonchev–Trinajstić information content (AvgIpc) is 3.27. The van der Waals surface area contributed by atoms with Crippen molar-refractivity contribution >= 4 is 17.8 Å². The van der Waals surface area contributed by atoms with Crippen molar-refractivity contribution < 1.29 is 14.3 Å². The van der Waals surface area contributed by atoms with Crippen LogP contribution < -0.4 is 0 Å².